The second-order valence-corrected chi connectivity index (χ2v) is 8.08. The molecule has 0 bridgehead atoms. The van der Waals surface area contributed by atoms with Gasteiger partial charge in [0.15, 0.2) is 6.04 Å². The normalized spacial score (nSPS) is 18.3. The van der Waals surface area contributed by atoms with Crippen LogP contribution in [0.25, 0.3) is 0 Å². The first-order chi connectivity index (χ1) is 14.6. The fourth-order valence-corrected chi connectivity index (χ4v) is 3.80. The number of aromatic nitrogens is 2. The van der Waals surface area contributed by atoms with Crippen LogP contribution in [0.3, 0.4) is 0 Å². The number of aryl methyl sites for hydroxylation is 2. The summed E-state index contributed by atoms with van der Waals surface area (Å²) in [6.07, 6.45) is -3.58. The predicted octanol–water partition coefficient (Wildman–Crippen LogP) is 6.07. The second-order valence-electron chi connectivity index (χ2n) is 7.67. The van der Waals surface area contributed by atoms with E-state index in [1.807, 2.05) is 26.0 Å². The van der Waals surface area contributed by atoms with E-state index >= 15 is 0 Å². The molecule has 0 unspecified atom stereocenters. The van der Waals surface area contributed by atoms with Crippen LogP contribution in [0.4, 0.5) is 24.7 Å². The van der Waals surface area contributed by atoms with Gasteiger partial charge in [0.2, 0.25) is 0 Å². The van der Waals surface area contributed by atoms with Gasteiger partial charge >= 0.3 is 6.18 Å². The number of nitrogens with zero attached hydrogens (tertiary/aromatic N) is 2. The van der Waals surface area contributed by atoms with Gasteiger partial charge in [-0.2, -0.15) is 18.3 Å². The average molecular weight is 449 g/mol. The van der Waals surface area contributed by atoms with Gasteiger partial charge in [0, 0.05) is 17.1 Å². The van der Waals surface area contributed by atoms with E-state index in [1.54, 1.807) is 30.3 Å². The lowest BCUT2D eigenvalue weighted by atomic mass is 9.96. The Morgan fingerprint density at radius 1 is 1.19 bits per heavy atom. The number of halogens is 4. The first-order valence-corrected chi connectivity index (χ1v) is 10.1. The molecule has 1 aliphatic rings. The molecular formula is C22H20ClF3N4O. The van der Waals surface area contributed by atoms with Crippen molar-refractivity contribution in [3.05, 3.63) is 75.9 Å². The highest BCUT2D eigenvalue weighted by molar-refractivity contribution is 6.31. The van der Waals surface area contributed by atoms with Gasteiger partial charge in [-0.1, -0.05) is 47.5 Å². The molecule has 3 aromatic rings. The van der Waals surface area contributed by atoms with E-state index in [1.165, 1.54) is 0 Å². The highest BCUT2D eigenvalue weighted by Crippen LogP contribution is 2.44. The van der Waals surface area contributed by atoms with E-state index in [-0.39, 0.29) is 17.8 Å². The Morgan fingerprint density at radius 2 is 1.90 bits per heavy atom. The molecule has 0 saturated heterocycles. The Balaban J connectivity index is 1.68. The maximum Gasteiger partial charge on any atom is 0.410 e. The minimum absolute atomic E-state index is 0.0303. The summed E-state index contributed by atoms with van der Waals surface area (Å²) in [6, 6.07) is 9.84. The SMILES string of the molecule is Cc1ccc([C@H]2C[C@@H](C(F)(F)F)n3ncc(C(=O)Nc4ccc(C)c(Cl)c4)c3N2)cc1. The van der Waals surface area contributed by atoms with Crippen molar-refractivity contribution in [3.8, 4) is 0 Å². The van der Waals surface area contributed by atoms with E-state index in [0.717, 1.165) is 22.0 Å². The Labute approximate surface area is 182 Å². The zero-order chi connectivity index (χ0) is 22.3. The Bertz CT molecular complexity index is 1120. The van der Waals surface area contributed by atoms with Crippen LogP contribution in [0.1, 0.15) is 45.6 Å². The summed E-state index contributed by atoms with van der Waals surface area (Å²) < 4.78 is 42.3. The zero-order valence-electron chi connectivity index (χ0n) is 16.8. The molecule has 4 rings (SSSR count). The van der Waals surface area contributed by atoms with Crippen molar-refractivity contribution < 1.29 is 18.0 Å². The van der Waals surface area contributed by atoms with Gasteiger partial charge in [-0.25, -0.2) is 4.68 Å². The number of amides is 1. The smallest absolute Gasteiger partial charge is 0.363 e. The summed E-state index contributed by atoms with van der Waals surface area (Å²) in [5.74, 6) is -0.533. The molecule has 9 heteroatoms. The Hall–Kier alpha value is -3.00. The lowest BCUT2D eigenvalue weighted by Gasteiger charge is -2.34. The molecule has 0 spiro atoms. The van der Waals surface area contributed by atoms with Crippen LogP contribution in [0, 0.1) is 13.8 Å². The van der Waals surface area contributed by atoms with Gasteiger partial charge < -0.3 is 10.6 Å². The maximum atomic E-state index is 13.8. The van der Waals surface area contributed by atoms with Crippen molar-refractivity contribution in [2.75, 3.05) is 10.6 Å². The summed E-state index contributed by atoms with van der Waals surface area (Å²) in [6.45, 7) is 3.74. The minimum atomic E-state index is -4.51. The van der Waals surface area contributed by atoms with E-state index < -0.39 is 24.2 Å². The maximum absolute atomic E-state index is 13.8. The third-order valence-corrected chi connectivity index (χ3v) is 5.80. The van der Waals surface area contributed by atoms with Crippen molar-refractivity contribution in [1.82, 2.24) is 9.78 Å². The topological polar surface area (TPSA) is 59.0 Å². The molecule has 2 heterocycles. The van der Waals surface area contributed by atoms with Crippen LogP contribution in [0.2, 0.25) is 5.02 Å². The Morgan fingerprint density at radius 3 is 2.55 bits per heavy atom. The molecule has 1 amide bonds. The van der Waals surface area contributed by atoms with E-state index in [4.69, 9.17) is 11.6 Å². The molecule has 0 aliphatic carbocycles. The lowest BCUT2D eigenvalue weighted by Crippen LogP contribution is -2.36. The second kappa shape index (κ2) is 7.92. The summed E-state index contributed by atoms with van der Waals surface area (Å²) in [7, 11) is 0. The van der Waals surface area contributed by atoms with Gasteiger partial charge in [-0.15, -0.1) is 0 Å². The van der Waals surface area contributed by atoms with Crippen LogP contribution >= 0.6 is 11.6 Å². The number of fused-ring (bicyclic) bond motifs is 1. The van der Waals surface area contributed by atoms with Crippen LogP contribution in [0.15, 0.2) is 48.7 Å². The van der Waals surface area contributed by atoms with Crippen molar-refractivity contribution >= 4 is 29.0 Å². The number of hydrogen-bond acceptors (Lipinski definition) is 3. The van der Waals surface area contributed by atoms with E-state index in [0.29, 0.717) is 16.3 Å². The minimum Gasteiger partial charge on any atom is -0.363 e. The lowest BCUT2D eigenvalue weighted by molar-refractivity contribution is -0.173. The van der Waals surface area contributed by atoms with Crippen molar-refractivity contribution in [2.45, 2.75) is 38.5 Å². The quantitative estimate of drug-likeness (QED) is 0.511. The molecule has 1 aliphatic heterocycles. The number of hydrogen-bond donors (Lipinski definition) is 2. The summed E-state index contributed by atoms with van der Waals surface area (Å²) in [4.78, 5) is 12.9. The van der Waals surface area contributed by atoms with E-state index in [9.17, 15) is 18.0 Å². The number of alkyl halides is 3. The molecule has 0 fully saturated rings. The van der Waals surface area contributed by atoms with Gasteiger partial charge in [0.1, 0.15) is 11.4 Å². The average Bonchev–Trinajstić information content (AvgIpc) is 3.14. The predicted molar refractivity (Wildman–Crippen MR) is 114 cm³/mol. The number of rotatable bonds is 3. The molecular weight excluding hydrogens is 429 g/mol. The van der Waals surface area contributed by atoms with Crippen LogP contribution < -0.4 is 10.6 Å². The third-order valence-electron chi connectivity index (χ3n) is 5.39. The monoisotopic (exact) mass is 448 g/mol. The number of benzene rings is 2. The standard InChI is InChI=1S/C22H20ClF3N4O/c1-12-3-6-14(7-4-12)18-10-19(22(24,25)26)30-20(29-18)16(11-27-30)21(31)28-15-8-5-13(2)17(23)9-15/h3-9,11,18-19,29H,10H2,1-2H3,(H,28,31)/t18-,19+/m1/s1. The molecule has 162 valence electrons. The van der Waals surface area contributed by atoms with Crippen molar-refractivity contribution in [1.29, 1.82) is 0 Å². The highest BCUT2D eigenvalue weighted by Gasteiger charge is 2.47. The fraction of sp³-hybridized carbons (Fsp3) is 0.273. The molecule has 5 nitrogen and oxygen atoms in total. The van der Waals surface area contributed by atoms with Gasteiger partial charge in [0.25, 0.3) is 5.91 Å². The number of anilines is 2. The number of carbonyl (C=O) groups excluding carboxylic acids is 1. The third kappa shape index (κ3) is 4.25. The highest BCUT2D eigenvalue weighted by atomic mass is 35.5. The zero-order valence-corrected chi connectivity index (χ0v) is 17.6. The van der Waals surface area contributed by atoms with Gasteiger partial charge in [-0.05, 0) is 37.1 Å². The molecule has 0 saturated carbocycles. The molecule has 2 N–H and O–H groups in total. The van der Waals surface area contributed by atoms with Crippen molar-refractivity contribution in [3.63, 3.8) is 0 Å². The van der Waals surface area contributed by atoms with Gasteiger partial charge in [0.05, 0.1) is 12.2 Å². The molecule has 0 radical (unpaired) electrons. The number of nitrogens with one attached hydrogen (secondary N) is 2. The molecule has 2 aromatic carbocycles. The molecule has 2 atom stereocenters. The van der Waals surface area contributed by atoms with E-state index in [2.05, 4.69) is 15.7 Å². The van der Waals surface area contributed by atoms with Crippen LogP contribution in [-0.4, -0.2) is 21.9 Å². The van der Waals surface area contributed by atoms with Crippen LogP contribution in [-0.2, 0) is 0 Å². The van der Waals surface area contributed by atoms with Crippen molar-refractivity contribution in [2.24, 2.45) is 0 Å². The first-order valence-electron chi connectivity index (χ1n) is 9.68. The van der Waals surface area contributed by atoms with Gasteiger partial charge in [-0.3, -0.25) is 4.79 Å². The molecule has 31 heavy (non-hydrogen) atoms. The fourth-order valence-electron chi connectivity index (χ4n) is 3.62. The number of carbonyl (C=O) groups is 1. The Kier molecular flexibility index (Phi) is 5.43. The summed E-state index contributed by atoms with van der Waals surface area (Å²) >= 11 is 6.10. The summed E-state index contributed by atoms with van der Waals surface area (Å²) in [5.41, 5.74) is 3.04. The first kappa shape index (κ1) is 21.2. The van der Waals surface area contributed by atoms with Crippen LogP contribution in [0.5, 0.6) is 0 Å². The molecule has 1 aromatic heterocycles. The summed E-state index contributed by atoms with van der Waals surface area (Å²) in [5, 5.41) is 10.1. The largest absolute Gasteiger partial charge is 0.410 e.